The molecule has 1 atom stereocenters. The average Bonchev–Trinajstić information content (AvgIpc) is 3.26. The number of nitrogens with one attached hydrogen (secondary N) is 3. The van der Waals surface area contributed by atoms with Gasteiger partial charge in [0, 0.05) is 34.8 Å². The predicted octanol–water partition coefficient (Wildman–Crippen LogP) is 5.46. The minimum atomic E-state index is -4.56. The van der Waals surface area contributed by atoms with Crippen LogP contribution >= 0.6 is 0 Å². The van der Waals surface area contributed by atoms with E-state index in [1.54, 1.807) is 54.9 Å². The summed E-state index contributed by atoms with van der Waals surface area (Å²) in [4.78, 5) is 23.9. The van der Waals surface area contributed by atoms with E-state index in [2.05, 4.69) is 25.6 Å². The molecule has 3 N–H and O–H groups in total. The minimum absolute atomic E-state index is 0.0962. The van der Waals surface area contributed by atoms with Crippen LogP contribution in [-0.4, -0.2) is 20.9 Å². The van der Waals surface area contributed by atoms with Crippen LogP contribution in [0, 0.1) is 5.92 Å². The van der Waals surface area contributed by atoms with E-state index in [0.29, 0.717) is 29.6 Å². The SMILES string of the molecule is O=C(Nc1cccc(Nc2cc(C(F)(F)F)nc3ccccc23)c1)C1CCc2nc[nH]c2C1. The molecule has 0 saturated heterocycles. The van der Waals surface area contributed by atoms with Gasteiger partial charge in [-0.25, -0.2) is 9.97 Å². The number of aromatic nitrogens is 3. The van der Waals surface area contributed by atoms with Gasteiger partial charge in [-0.15, -0.1) is 0 Å². The highest BCUT2D eigenvalue weighted by atomic mass is 19.4. The van der Waals surface area contributed by atoms with Crippen LogP contribution in [-0.2, 0) is 23.8 Å². The maximum absolute atomic E-state index is 13.3. The molecule has 1 aliphatic carbocycles. The number of aryl methyl sites for hydroxylation is 1. The number of aromatic amines is 1. The Labute approximate surface area is 187 Å². The summed E-state index contributed by atoms with van der Waals surface area (Å²) in [7, 11) is 0. The summed E-state index contributed by atoms with van der Waals surface area (Å²) < 4.78 is 40.0. The van der Waals surface area contributed by atoms with Crippen molar-refractivity contribution in [2.24, 2.45) is 5.92 Å². The van der Waals surface area contributed by atoms with Crippen LogP contribution < -0.4 is 10.6 Å². The molecule has 0 spiro atoms. The summed E-state index contributed by atoms with van der Waals surface area (Å²) in [6.07, 6.45) is -0.861. The summed E-state index contributed by atoms with van der Waals surface area (Å²) in [6.45, 7) is 0. The van der Waals surface area contributed by atoms with E-state index >= 15 is 0 Å². The monoisotopic (exact) mass is 451 g/mol. The minimum Gasteiger partial charge on any atom is -0.355 e. The predicted molar refractivity (Wildman–Crippen MR) is 119 cm³/mol. The average molecular weight is 451 g/mol. The van der Waals surface area contributed by atoms with Gasteiger partial charge in [-0.05, 0) is 43.2 Å². The van der Waals surface area contributed by atoms with Gasteiger partial charge < -0.3 is 15.6 Å². The third-order valence-electron chi connectivity index (χ3n) is 5.77. The second kappa shape index (κ2) is 8.23. The van der Waals surface area contributed by atoms with Gasteiger partial charge in [0.25, 0.3) is 0 Å². The first kappa shape index (κ1) is 21.0. The quantitative estimate of drug-likeness (QED) is 0.385. The summed E-state index contributed by atoms with van der Waals surface area (Å²) in [5, 5.41) is 6.55. The van der Waals surface area contributed by atoms with E-state index in [0.717, 1.165) is 23.9 Å². The zero-order chi connectivity index (χ0) is 23.0. The van der Waals surface area contributed by atoms with Crippen molar-refractivity contribution in [2.45, 2.75) is 25.4 Å². The first-order valence-corrected chi connectivity index (χ1v) is 10.5. The van der Waals surface area contributed by atoms with Gasteiger partial charge in [0.15, 0.2) is 0 Å². The molecule has 1 aliphatic rings. The number of nitrogens with zero attached hydrogens (tertiary/aromatic N) is 2. The molecule has 0 saturated carbocycles. The Morgan fingerprint density at radius 2 is 1.88 bits per heavy atom. The second-order valence-electron chi connectivity index (χ2n) is 8.03. The summed E-state index contributed by atoms with van der Waals surface area (Å²) in [5.41, 5.74) is 2.68. The van der Waals surface area contributed by atoms with Crippen molar-refractivity contribution >= 4 is 33.9 Å². The van der Waals surface area contributed by atoms with Crippen molar-refractivity contribution in [1.82, 2.24) is 15.0 Å². The Hall–Kier alpha value is -3.88. The van der Waals surface area contributed by atoms with Crippen molar-refractivity contribution in [3.63, 3.8) is 0 Å². The van der Waals surface area contributed by atoms with Crippen LogP contribution in [0.4, 0.5) is 30.2 Å². The molecule has 0 bridgehead atoms. The molecule has 2 aromatic carbocycles. The number of imidazole rings is 1. The van der Waals surface area contributed by atoms with Crippen LogP contribution in [0.15, 0.2) is 60.9 Å². The number of para-hydroxylation sites is 1. The lowest BCUT2D eigenvalue weighted by atomic mass is 9.89. The van der Waals surface area contributed by atoms with Crippen molar-refractivity contribution < 1.29 is 18.0 Å². The normalized spacial score (nSPS) is 15.8. The maximum Gasteiger partial charge on any atom is 0.433 e. The number of H-pyrrole nitrogens is 1. The van der Waals surface area contributed by atoms with Crippen LogP contribution in [0.5, 0.6) is 0 Å². The standard InChI is InChI=1S/C24H20F3N5O/c25-24(26,27)22-12-20(17-6-1-2-7-18(17)32-22)30-15-4-3-5-16(11-15)31-23(33)14-8-9-19-21(10-14)29-13-28-19/h1-7,11-14H,8-10H2,(H,28,29)(H,30,32)(H,31,33). The molecule has 4 aromatic rings. The number of benzene rings is 2. The number of anilines is 3. The molecule has 1 amide bonds. The molecule has 6 nitrogen and oxygen atoms in total. The molecule has 0 radical (unpaired) electrons. The largest absolute Gasteiger partial charge is 0.433 e. The van der Waals surface area contributed by atoms with Crippen LogP contribution in [0.1, 0.15) is 23.5 Å². The fourth-order valence-electron chi connectivity index (χ4n) is 4.12. The van der Waals surface area contributed by atoms with E-state index in [9.17, 15) is 18.0 Å². The van der Waals surface area contributed by atoms with Gasteiger partial charge in [-0.3, -0.25) is 4.79 Å². The van der Waals surface area contributed by atoms with E-state index < -0.39 is 11.9 Å². The highest BCUT2D eigenvalue weighted by Gasteiger charge is 2.33. The lowest BCUT2D eigenvalue weighted by Crippen LogP contribution is -2.28. The molecule has 1 unspecified atom stereocenters. The molecule has 33 heavy (non-hydrogen) atoms. The number of fused-ring (bicyclic) bond motifs is 2. The number of hydrogen-bond acceptors (Lipinski definition) is 4. The molecular weight excluding hydrogens is 431 g/mol. The van der Waals surface area contributed by atoms with Gasteiger partial charge in [0.1, 0.15) is 5.69 Å². The Morgan fingerprint density at radius 3 is 2.73 bits per heavy atom. The van der Waals surface area contributed by atoms with Gasteiger partial charge in [0.2, 0.25) is 5.91 Å². The third-order valence-corrected chi connectivity index (χ3v) is 5.77. The van der Waals surface area contributed by atoms with Crippen molar-refractivity contribution in [3.05, 3.63) is 78.0 Å². The van der Waals surface area contributed by atoms with Crippen molar-refractivity contribution in [3.8, 4) is 0 Å². The zero-order valence-corrected chi connectivity index (χ0v) is 17.4. The number of rotatable bonds is 4. The molecule has 0 fully saturated rings. The van der Waals surface area contributed by atoms with Gasteiger partial charge >= 0.3 is 6.18 Å². The Morgan fingerprint density at radius 1 is 1.06 bits per heavy atom. The van der Waals surface area contributed by atoms with E-state index in [1.165, 1.54) is 0 Å². The van der Waals surface area contributed by atoms with Crippen LogP contribution in [0.2, 0.25) is 0 Å². The molecule has 168 valence electrons. The van der Waals surface area contributed by atoms with Crippen LogP contribution in [0.25, 0.3) is 10.9 Å². The number of hydrogen-bond donors (Lipinski definition) is 3. The summed E-state index contributed by atoms with van der Waals surface area (Å²) in [5.74, 6) is -0.269. The van der Waals surface area contributed by atoms with Crippen LogP contribution in [0.3, 0.4) is 0 Å². The van der Waals surface area contributed by atoms with E-state index in [-0.39, 0.29) is 23.0 Å². The molecule has 5 rings (SSSR count). The lowest BCUT2D eigenvalue weighted by Gasteiger charge is -2.21. The Kier molecular flexibility index (Phi) is 5.24. The number of pyridine rings is 1. The van der Waals surface area contributed by atoms with Crippen molar-refractivity contribution in [1.29, 1.82) is 0 Å². The molecular formula is C24H20F3N5O. The number of carbonyl (C=O) groups is 1. The van der Waals surface area contributed by atoms with Gasteiger partial charge in [-0.2, -0.15) is 13.2 Å². The van der Waals surface area contributed by atoms with Gasteiger partial charge in [-0.1, -0.05) is 24.3 Å². The first-order valence-electron chi connectivity index (χ1n) is 10.5. The topological polar surface area (TPSA) is 82.7 Å². The number of halogens is 3. The number of amides is 1. The van der Waals surface area contributed by atoms with Gasteiger partial charge in [0.05, 0.1) is 23.2 Å². The molecule has 9 heteroatoms. The fraction of sp³-hybridized carbons (Fsp3) is 0.208. The molecule has 0 aliphatic heterocycles. The molecule has 2 aromatic heterocycles. The number of carbonyl (C=O) groups excluding carboxylic acids is 1. The third kappa shape index (κ3) is 4.39. The zero-order valence-electron chi connectivity index (χ0n) is 17.4. The Balaban J connectivity index is 1.37. The first-order chi connectivity index (χ1) is 15.9. The summed E-state index contributed by atoms with van der Waals surface area (Å²) in [6, 6.07) is 14.6. The maximum atomic E-state index is 13.3. The van der Waals surface area contributed by atoms with Crippen molar-refractivity contribution in [2.75, 3.05) is 10.6 Å². The smallest absolute Gasteiger partial charge is 0.355 e. The molecule has 2 heterocycles. The second-order valence-corrected chi connectivity index (χ2v) is 8.03. The fourth-order valence-corrected chi connectivity index (χ4v) is 4.12. The van der Waals surface area contributed by atoms with E-state index in [4.69, 9.17) is 0 Å². The highest BCUT2D eigenvalue weighted by molar-refractivity contribution is 5.95. The summed E-state index contributed by atoms with van der Waals surface area (Å²) >= 11 is 0. The lowest BCUT2D eigenvalue weighted by molar-refractivity contribution is -0.140. The Bertz CT molecular complexity index is 1330. The number of alkyl halides is 3. The highest BCUT2D eigenvalue weighted by Crippen LogP contribution is 2.34. The van der Waals surface area contributed by atoms with E-state index in [1.807, 2.05) is 0 Å².